The largest absolute Gasteiger partial charge is 0.311 e. The van der Waals surface area contributed by atoms with Gasteiger partial charge in [-0.3, -0.25) is 0 Å². The molecule has 0 spiro atoms. The number of fused-ring (bicyclic) bond motifs is 3. The molecular weight excluding hydrogens is 544 g/mol. The van der Waals surface area contributed by atoms with E-state index in [9.17, 15) is 0 Å². The van der Waals surface area contributed by atoms with Gasteiger partial charge in [-0.2, -0.15) is 0 Å². The first-order valence-corrected chi connectivity index (χ1v) is 15.1. The zero-order valence-electron chi connectivity index (χ0n) is 24.6. The third kappa shape index (κ3) is 4.59. The van der Waals surface area contributed by atoms with Gasteiger partial charge in [0.25, 0.3) is 0 Å². The molecule has 0 aliphatic heterocycles. The second-order valence-corrected chi connectivity index (χ2v) is 11.2. The normalized spacial score (nSPS) is 11.1. The lowest BCUT2D eigenvalue weighted by Gasteiger charge is -2.26. The molecule has 8 aromatic carbocycles. The standard InChI is InChI=1S/C43H28N2/c1-44-32-24-28-35(29-25-32)45(33-14-3-2-4-15-33)34-26-22-31(23-27-34)42-38-17-7-9-19-40(38)43(41-20-10-8-18-39(41)42)37-21-11-13-30-12-5-6-16-36(30)37/h2-29H. The van der Waals surface area contributed by atoms with Crippen LogP contribution in [0.2, 0.25) is 0 Å². The summed E-state index contributed by atoms with van der Waals surface area (Å²) in [7, 11) is 0. The first kappa shape index (κ1) is 26.5. The molecule has 2 nitrogen and oxygen atoms in total. The summed E-state index contributed by atoms with van der Waals surface area (Å²) in [4.78, 5) is 5.82. The predicted molar refractivity (Wildman–Crippen MR) is 191 cm³/mol. The van der Waals surface area contributed by atoms with Crippen molar-refractivity contribution in [3.63, 3.8) is 0 Å². The molecule has 2 heteroatoms. The Morgan fingerprint density at radius 1 is 0.378 bits per heavy atom. The number of nitrogens with zero attached hydrogens (tertiary/aromatic N) is 2. The van der Waals surface area contributed by atoms with Crippen molar-refractivity contribution in [1.82, 2.24) is 0 Å². The summed E-state index contributed by atoms with van der Waals surface area (Å²) in [5.74, 6) is 0. The topological polar surface area (TPSA) is 7.60 Å². The maximum Gasteiger partial charge on any atom is 0.187 e. The molecular formula is C43H28N2. The molecule has 0 aliphatic rings. The van der Waals surface area contributed by atoms with Crippen LogP contribution >= 0.6 is 0 Å². The summed E-state index contributed by atoms with van der Waals surface area (Å²) < 4.78 is 0. The molecule has 0 unspecified atom stereocenters. The Morgan fingerprint density at radius 3 is 1.44 bits per heavy atom. The van der Waals surface area contributed by atoms with Gasteiger partial charge in [0.2, 0.25) is 0 Å². The zero-order chi connectivity index (χ0) is 30.2. The summed E-state index contributed by atoms with van der Waals surface area (Å²) in [5, 5.41) is 7.48. The molecule has 0 radical (unpaired) electrons. The van der Waals surface area contributed by atoms with Crippen LogP contribution in [0.4, 0.5) is 22.7 Å². The van der Waals surface area contributed by atoms with Gasteiger partial charge in [0.15, 0.2) is 5.69 Å². The van der Waals surface area contributed by atoms with Crippen molar-refractivity contribution in [1.29, 1.82) is 0 Å². The monoisotopic (exact) mass is 572 g/mol. The maximum atomic E-state index is 7.38. The zero-order valence-corrected chi connectivity index (χ0v) is 24.6. The minimum absolute atomic E-state index is 0.632. The Bertz CT molecular complexity index is 2300. The number of para-hydroxylation sites is 1. The van der Waals surface area contributed by atoms with Crippen LogP contribution in [0.25, 0.3) is 59.4 Å². The molecule has 0 N–H and O–H groups in total. The first-order chi connectivity index (χ1) is 22.3. The van der Waals surface area contributed by atoms with Crippen LogP contribution < -0.4 is 4.90 Å². The summed E-state index contributed by atoms with van der Waals surface area (Å²) >= 11 is 0. The SMILES string of the molecule is [C-]#[N+]c1ccc(N(c2ccccc2)c2ccc(-c3c4ccccc4c(-c4cccc5ccccc45)c4ccccc34)cc2)cc1. The Morgan fingerprint density at radius 2 is 0.844 bits per heavy atom. The van der Waals surface area contributed by atoms with Gasteiger partial charge in [-0.15, -0.1) is 0 Å². The molecule has 210 valence electrons. The van der Waals surface area contributed by atoms with E-state index in [1.807, 2.05) is 30.3 Å². The molecule has 45 heavy (non-hydrogen) atoms. The van der Waals surface area contributed by atoms with Crippen molar-refractivity contribution < 1.29 is 0 Å². The molecule has 0 atom stereocenters. The first-order valence-electron chi connectivity index (χ1n) is 15.1. The lowest BCUT2D eigenvalue weighted by molar-refractivity contribution is 1.28. The van der Waals surface area contributed by atoms with Gasteiger partial charge in [-0.05, 0) is 91.0 Å². The van der Waals surface area contributed by atoms with E-state index in [0.29, 0.717) is 5.69 Å². The van der Waals surface area contributed by atoms with Crippen molar-refractivity contribution in [2.45, 2.75) is 0 Å². The average Bonchev–Trinajstić information content (AvgIpc) is 3.12. The summed E-state index contributed by atoms with van der Waals surface area (Å²) in [6.07, 6.45) is 0. The van der Waals surface area contributed by atoms with Gasteiger partial charge in [-0.1, -0.05) is 133 Å². The fourth-order valence-corrected chi connectivity index (χ4v) is 6.65. The van der Waals surface area contributed by atoms with Crippen LogP contribution in [-0.4, -0.2) is 0 Å². The fourth-order valence-electron chi connectivity index (χ4n) is 6.65. The van der Waals surface area contributed by atoms with Crippen LogP contribution in [0.1, 0.15) is 0 Å². The molecule has 0 saturated carbocycles. The molecule has 8 aromatic rings. The lowest BCUT2D eigenvalue weighted by atomic mass is 9.85. The summed E-state index contributed by atoms with van der Waals surface area (Å²) in [6, 6.07) is 60.0. The Labute approximate surface area is 262 Å². The summed E-state index contributed by atoms with van der Waals surface area (Å²) in [5.41, 5.74) is 8.71. The minimum atomic E-state index is 0.632. The van der Waals surface area contributed by atoms with Gasteiger partial charge in [0.1, 0.15) is 0 Å². The lowest BCUT2D eigenvalue weighted by Crippen LogP contribution is -2.09. The second-order valence-electron chi connectivity index (χ2n) is 11.2. The van der Waals surface area contributed by atoms with Crippen molar-refractivity contribution in [3.05, 3.63) is 181 Å². The highest BCUT2D eigenvalue weighted by Crippen LogP contribution is 2.46. The Balaban J connectivity index is 1.33. The van der Waals surface area contributed by atoms with Gasteiger partial charge in [-0.25, -0.2) is 4.85 Å². The highest BCUT2D eigenvalue weighted by molar-refractivity contribution is 6.23. The van der Waals surface area contributed by atoms with Crippen LogP contribution in [0.15, 0.2) is 170 Å². The van der Waals surface area contributed by atoms with Crippen LogP contribution in [0, 0.1) is 6.57 Å². The summed E-state index contributed by atoms with van der Waals surface area (Å²) in [6.45, 7) is 7.38. The average molecular weight is 573 g/mol. The van der Waals surface area contributed by atoms with Crippen molar-refractivity contribution in [2.75, 3.05) is 4.90 Å². The van der Waals surface area contributed by atoms with E-state index in [-0.39, 0.29) is 0 Å². The predicted octanol–water partition coefficient (Wildman–Crippen LogP) is 12.5. The van der Waals surface area contributed by atoms with E-state index in [1.165, 1.54) is 54.6 Å². The van der Waals surface area contributed by atoms with Gasteiger partial charge in [0.05, 0.1) is 6.57 Å². The number of hydrogen-bond donors (Lipinski definition) is 0. The van der Waals surface area contributed by atoms with Gasteiger partial charge >= 0.3 is 0 Å². The highest BCUT2D eigenvalue weighted by atomic mass is 15.1. The van der Waals surface area contributed by atoms with Crippen LogP contribution in [0.3, 0.4) is 0 Å². The number of anilines is 3. The molecule has 0 aliphatic carbocycles. The Kier molecular flexibility index (Phi) is 6.56. The highest BCUT2D eigenvalue weighted by Gasteiger charge is 2.18. The molecule has 0 bridgehead atoms. The van der Waals surface area contributed by atoms with E-state index in [1.54, 1.807) is 0 Å². The number of hydrogen-bond acceptors (Lipinski definition) is 1. The molecule has 8 rings (SSSR count). The van der Waals surface area contributed by atoms with E-state index in [2.05, 4.69) is 149 Å². The van der Waals surface area contributed by atoms with E-state index in [4.69, 9.17) is 6.57 Å². The number of rotatable bonds is 5. The van der Waals surface area contributed by atoms with Crippen molar-refractivity contribution in [3.8, 4) is 22.3 Å². The number of benzene rings is 8. The molecule has 0 fully saturated rings. The fraction of sp³-hybridized carbons (Fsp3) is 0. The molecule has 0 aromatic heterocycles. The van der Waals surface area contributed by atoms with Crippen molar-refractivity contribution in [2.24, 2.45) is 0 Å². The molecule has 0 heterocycles. The van der Waals surface area contributed by atoms with Gasteiger partial charge in [0, 0.05) is 17.1 Å². The third-order valence-corrected chi connectivity index (χ3v) is 8.66. The maximum absolute atomic E-state index is 7.38. The van der Waals surface area contributed by atoms with Crippen LogP contribution in [-0.2, 0) is 0 Å². The smallest absolute Gasteiger partial charge is 0.187 e. The van der Waals surface area contributed by atoms with Crippen LogP contribution in [0.5, 0.6) is 0 Å². The van der Waals surface area contributed by atoms with E-state index < -0.39 is 0 Å². The second kappa shape index (κ2) is 11.2. The minimum Gasteiger partial charge on any atom is -0.311 e. The molecule has 0 saturated heterocycles. The molecule has 0 amide bonds. The van der Waals surface area contributed by atoms with E-state index >= 15 is 0 Å². The third-order valence-electron chi connectivity index (χ3n) is 8.66. The van der Waals surface area contributed by atoms with Crippen molar-refractivity contribution >= 4 is 55.1 Å². The van der Waals surface area contributed by atoms with E-state index in [0.717, 1.165) is 17.1 Å². The quantitative estimate of drug-likeness (QED) is 0.147. The Hall–Kier alpha value is -6.17. The van der Waals surface area contributed by atoms with Gasteiger partial charge < -0.3 is 4.90 Å².